The molecule has 2 aromatic heterocycles. The van der Waals surface area contributed by atoms with Gasteiger partial charge in [-0.25, -0.2) is 9.18 Å². The van der Waals surface area contributed by atoms with Crippen molar-refractivity contribution in [3.05, 3.63) is 32.5 Å². The van der Waals surface area contributed by atoms with Crippen LogP contribution < -0.4 is 20.8 Å². The third-order valence-electron chi connectivity index (χ3n) is 8.07. The summed E-state index contributed by atoms with van der Waals surface area (Å²) in [6.45, 7) is 5.29. The van der Waals surface area contributed by atoms with E-state index in [2.05, 4.69) is 4.57 Å². The van der Waals surface area contributed by atoms with Crippen molar-refractivity contribution < 1.29 is 18.7 Å². The van der Waals surface area contributed by atoms with Crippen molar-refractivity contribution in [1.82, 2.24) is 4.57 Å². The maximum atomic E-state index is 15.9. The highest BCUT2D eigenvalue weighted by Crippen LogP contribution is 2.52. The van der Waals surface area contributed by atoms with Crippen molar-refractivity contribution in [1.29, 1.82) is 0 Å². The van der Waals surface area contributed by atoms with Gasteiger partial charge in [0.25, 0.3) is 0 Å². The third kappa shape index (κ3) is 3.54. The highest BCUT2D eigenvalue weighted by molar-refractivity contribution is 7.20. The Morgan fingerprint density at radius 3 is 2.47 bits per heavy atom. The van der Waals surface area contributed by atoms with E-state index >= 15 is 4.39 Å². The maximum absolute atomic E-state index is 15.9. The Morgan fingerprint density at radius 2 is 1.92 bits per heavy atom. The first-order valence-corrected chi connectivity index (χ1v) is 13.5. The fourth-order valence-electron chi connectivity index (χ4n) is 5.82. The number of rotatable bonds is 6. The zero-order chi connectivity index (χ0) is 25.5. The van der Waals surface area contributed by atoms with Gasteiger partial charge in [-0.05, 0) is 69.4 Å². The number of hydrogen-bond donors (Lipinski definition) is 1. The van der Waals surface area contributed by atoms with Crippen molar-refractivity contribution in [2.75, 3.05) is 32.2 Å². The van der Waals surface area contributed by atoms with Crippen LogP contribution in [0.2, 0.25) is 0 Å². The molecule has 3 aromatic rings. The van der Waals surface area contributed by atoms with E-state index in [0.717, 1.165) is 42.5 Å². The van der Waals surface area contributed by atoms with Gasteiger partial charge in [0.2, 0.25) is 0 Å². The Labute approximate surface area is 213 Å². The zero-order valence-corrected chi connectivity index (χ0v) is 22.0. The number of benzene rings is 1. The van der Waals surface area contributed by atoms with Crippen molar-refractivity contribution in [3.63, 3.8) is 0 Å². The van der Waals surface area contributed by atoms with Gasteiger partial charge >= 0.3 is 5.97 Å². The quantitative estimate of drug-likeness (QED) is 0.471. The summed E-state index contributed by atoms with van der Waals surface area (Å²) in [6.07, 6.45) is 4.64. The Bertz CT molecular complexity index is 1460. The van der Waals surface area contributed by atoms with Crippen LogP contribution in [-0.4, -0.2) is 43.4 Å². The van der Waals surface area contributed by atoms with E-state index in [0.29, 0.717) is 45.7 Å². The molecular weight excluding hydrogens is 481 g/mol. The normalized spacial score (nSPS) is 20.5. The number of carbonyl (C=O) groups is 1. The average molecular weight is 514 g/mol. The molecule has 1 saturated heterocycles. The second-order valence-electron chi connectivity index (χ2n) is 11.1. The molecule has 2 aliphatic carbocycles. The number of nitrogens with two attached hydrogens (primary N) is 1. The molecule has 192 valence electrons. The molecule has 0 spiro atoms. The van der Waals surface area contributed by atoms with Crippen LogP contribution in [0.3, 0.4) is 0 Å². The molecule has 1 atom stereocenters. The molecule has 3 fully saturated rings. The smallest absolute Gasteiger partial charge is 0.348 e. The van der Waals surface area contributed by atoms with E-state index in [1.54, 1.807) is 0 Å². The number of halogens is 1. The molecule has 0 amide bonds. The highest BCUT2D eigenvalue weighted by Gasteiger charge is 2.39. The van der Waals surface area contributed by atoms with Gasteiger partial charge in [-0.1, -0.05) is 0 Å². The molecule has 2 saturated carbocycles. The van der Waals surface area contributed by atoms with Gasteiger partial charge in [-0.15, -0.1) is 11.3 Å². The van der Waals surface area contributed by atoms with Gasteiger partial charge in [0.05, 0.1) is 30.5 Å². The predicted molar refractivity (Wildman–Crippen MR) is 140 cm³/mol. The predicted octanol–water partition coefficient (Wildman–Crippen LogP) is 4.93. The lowest BCUT2D eigenvalue weighted by atomic mass is 9.88. The molecule has 1 unspecified atom stereocenters. The minimum atomic E-state index is -0.468. The lowest BCUT2D eigenvalue weighted by molar-refractivity contribution is 0.0605. The van der Waals surface area contributed by atoms with Crippen molar-refractivity contribution in [2.45, 2.75) is 63.5 Å². The molecule has 0 bridgehead atoms. The summed E-state index contributed by atoms with van der Waals surface area (Å²) in [5.41, 5.74) is 7.54. The molecule has 2 N–H and O–H groups in total. The SMILES string of the molecule is COC(=O)c1sc2c(c1C1CC1)c(=O)c1cc(F)c(N3CCC(C(C)(C)N)C3)c(OC)c1n2C1CC1. The number of pyridine rings is 1. The number of hydrogen-bond acceptors (Lipinski definition) is 7. The van der Waals surface area contributed by atoms with Crippen LogP contribution in [0.5, 0.6) is 5.75 Å². The lowest BCUT2D eigenvalue weighted by Crippen LogP contribution is -2.42. The monoisotopic (exact) mass is 513 g/mol. The van der Waals surface area contributed by atoms with Gasteiger partial charge < -0.3 is 24.7 Å². The average Bonchev–Trinajstić information content (AvgIpc) is 3.76. The Morgan fingerprint density at radius 1 is 1.19 bits per heavy atom. The summed E-state index contributed by atoms with van der Waals surface area (Å²) in [6, 6.07) is 1.55. The van der Waals surface area contributed by atoms with Crippen molar-refractivity contribution in [2.24, 2.45) is 11.7 Å². The number of methoxy groups -OCH3 is 2. The Balaban J connectivity index is 1.66. The number of thiophene rings is 1. The van der Waals surface area contributed by atoms with Gasteiger partial charge in [0, 0.05) is 24.7 Å². The zero-order valence-electron chi connectivity index (χ0n) is 21.2. The van der Waals surface area contributed by atoms with Crippen LogP contribution in [0, 0.1) is 11.7 Å². The van der Waals surface area contributed by atoms with E-state index in [-0.39, 0.29) is 28.8 Å². The number of aromatic nitrogens is 1. The molecule has 3 heterocycles. The minimum Gasteiger partial charge on any atom is -0.492 e. The summed E-state index contributed by atoms with van der Waals surface area (Å²) in [5.74, 6) is -0.128. The number of anilines is 1. The highest BCUT2D eigenvalue weighted by atomic mass is 32.1. The summed E-state index contributed by atoms with van der Waals surface area (Å²) >= 11 is 1.32. The standard InChI is InChI=1S/C27H32FN3O4S/c1-27(2,29)14-9-10-30(12-14)21-17(28)11-16-20(23(21)34-3)31(15-7-8-15)25-19(22(16)32)18(13-5-6-13)24(36-25)26(33)35-4/h11,13-15H,5-10,12,29H2,1-4H3. The lowest BCUT2D eigenvalue weighted by Gasteiger charge is -2.28. The van der Waals surface area contributed by atoms with Crippen LogP contribution in [0.15, 0.2) is 10.9 Å². The first-order chi connectivity index (χ1) is 17.2. The van der Waals surface area contributed by atoms with Crippen molar-refractivity contribution in [3.8, 4) is 5.75 Å². The van der Waals surface area contributed by atoms with Gasteiger partial charge in [0.15, 0.2) is 17.0 Å². The third-order valence-corrected chi connectivity index (χ3v) is 9.25. The molecule has 1 aliphatic heterocycles. The topological polar surface area (TPSA) is 86.8 Å². The second-order valence-corrected chi connectivity index (χ2v) is 12.1. The summed E-state index contributed by atoms with van der Waals surface area (Å²) < 4.78 is 29.0. The van der Waals surface area contributed by atoms with Crippen molar-refractivity contribution >= 4 is 44.1 Å². The van der Waals surface area contributed by atoms with Crippen LogP contribution in [0.25, 0.3) is 21.1 Å². The molecule has 7 nitrogen and oxygen atoms in total. The Hall–Kier alpha value is -2.65. The number of carbonyl (C=O) groups excluding carboxylic acids is 1. The molecule has 3 aliphatic rings. The number of fused-ring (bicyclic) bond motifs is 2. The number of nitrogens with zero attached hydrogens (tertiary/aromatic N) is 2. The largest absolute Gasteiger partial charge is 0.492 e. The second kappa shape index (κ2) is 8.18. The maximum Gasteiger partial charge on any atom is 0.348 e. The van der Waals surface area contributed by atoms with Crippen LogP contribution in [0.1, 0.15) is 73.1 Å². The fourth-order valence-corrected chi connectivity index (χ4v) is 7.20. The minimum absolute atomic E-state index is 0.165. The number of esters is 1. The molecule has 36 heavy (non-hydrogen) atoms. The molecule has 9 heteroatoms. The first-order valence-electron chi connectivity index (χ1n) is 12.7. The van der Waals surface area contributed by atoms with Crippen LogP contribution >= 0.6 is 11.3 Å². The molecule has 0 radical (unpaired) electrons. The summed E-state index contributed by atoms with van der Waals surface area (Å²) in [5, 5.41) is 0.848. The summed E-state index contributed by atoms with van der Waals surface area (Å²) in [4.78, 5) is 30.0. The van der Waals surface area contributed by atoms with Crippen LogP contribution in [0.4, 0.5) is 10.1 Å². The molecule has 1 aromatic carbocycles. The van der Waals surface area contributed by atoms with E-state index in [1.807, 2.05) is 18.7 Å². The first kappa shape index (κ1) is 23.7. The van der Waals surface area contributed by atoms with E-state index in [1.165, 1.54) is 31.6 Å². The molecule has 6 rings (SSSR count). The fraction of sp³-hybridized carbons (Fsp3) is 0.556. The Kier molecular flexibility index (Phi) is 5.39. The van der Waals surface area contributed by atoms with Crippen LogP contribution in [-0.2, 0) is 4.74 Å². The van der Waals surface area contributed by atoms with Gasteiger partial charge in [-0.3, -0.25) is 4.79 Å². The number of ether oxygens (including phenoxy) is 2. The van der Waals surface area contributed by atoms with E-state index < -0.39 is 11.8 Å². The van der Waals surface area contributed by atoms with Gasteiger partial charge in [-0.2, -0.15) is 0 Å². The summed E-state index contributed by atoms with van der Waals surface area (Å²) in [7, 11) is 2.90. The van der Waals surface area contributed by atoms with Gasteiger partial charge in [0.1, 0.15) is 15.4 Å². The molecular formula is C27H32FN3O4S. The van der Waals surface area contributed by atoms with E-state index in [9.17, 15) is 9.59 Å². The van der Waals surface area contributed by atoms with E-state index in [4.69, 9.17) is 15.2 Å².